The molecule has 204 valence electrons. The predicted octanol–water partition coefficient (Wildman–Crippen LogP) is 8.33. The third kappa shape index (κ3) is 11.0. The van der Waals surface area contributed by atoms with Crippen LogP contribution < -0.4 is 0 Å². The lowest BCUT2D eigenvalue weighted by molar-refractivity contribution is -0.144. The minimum Gasteiger partial charge on any atom is -0.464 e. The molecule has 3 rings (SSSR count). The molecule has 0 spiro atoms. The van der Waals surface area contributed by atoms with E-state index in [-0.39, 0.29) is 5.97 Å². The van der Waals surface area contributed by atoms with Gasteiger partial charge in [0.15, 0.2) is 0 Å². The number of carbonyl (C=O) groups excluding carboxylic acids is 1. The van der Waals surface area contributed by atoms with Crippen LogP contribution in [-0.2, 0) is 9.53 Å². The van der Waals surface area contributed by atoms with Crippen LogP contribution in [0.15, 0.2) is 12.2 Å². The summed E-state index contributed by atoms with van der Waals surface area (Å²) in [7, 11) is 0. The number of unbranched alkanes of at least 4 members (excludes halogenated alkanes) is 5. The average Bonchev–Trinajstić information content (AvgIpc) is 3.37. The van der Waals surface area contributed by atoms with Gasteiger partial charge in [-0.1, -0.05) is 76.4 Å². The summed E-state index contributed by atoms with van der Waals surface area (Å²) in [5.74, 6) is 10.2. The Labute approximate surface area is 223 Å². The Morgan fingerprint density at radius 1 is 0.944 bits per heavy atom. The van der Waals surface area contributed by atoms with Crippen molar-refractivity contribution < 1.29 is 9.53 Å². The number of piperidine rings is 1. The van der Waals surface area contributed by atoms with E-state index in [4.69, 9.17) is 4.74 Å². The molecule has 1 aliphatic heterocycles. The zero-order chi connectivity index (χ0) is 25.3. The van der Waals surface area contributed by atoms with Gasteiger partial charge in [0, 0.05) is 25.3 Å². The summed E-state index contributed by atoms with van der Waals surface area (Å²) in [6.45, 7) is 6.06. The van der Waals surface area contributed by atoms with Crippen molar-refractivity contribution in [3.8, 4) is 11.8 Å². The van der Waals surface area contributed by atoms with E-state index >= 15 is 0 Å². The molecule has 3 heteroatoms. The second-order valence-electron chi connectivity index (χ2n) is 11.8. The van der Waals surface area contributed by atoms with Gasteiger partial charge in [-0.15, -0.1) is 5.92 Å². The number of hydrogen-bond acceptors (Lipinski definition) is 3. The van der Waals surface area contributed by atoms with Crippen LogP contribution >= 0.6 is 0 Å². The maximum absolute atomic E-state index is 12.2. The first-order valence-corrected chi connectivity index (χ1v) is 15.8. The van der Waals surface area contributed by atoms with Crippen molar-refractivity contribution >= 4 is 5.97 Å². The van der Waals surface area contributed by atoms with Crippen LogP contribution in [0.3, 0.4) is 0 Å². The molecule has 0 aromatic heterocycles. The molecule has 3 atom stereocenters. The largest absolute Gasteiger partial charge is 0.464 e. The molecule has 0 N–H and O–H groups in total. The molecule has 0 aromatic carbocycles. The smallest absolute Gasteiger partial charge is 0.305 e. The third-order valence-electron chi connectivity index (χ3n) is 8.93. The molecule has 3 nitrogen and oxygen atoms in total. The number of ether oxygens (including phenoxy) is 1. The monoisotopic (exact) mass is 497 g/mol. The van der Waals surface area contributed by atoms with Gasteiger partial charge in [0.25, 0.3) is 0 Å². The van der Waals surface area contributed by atoms with E-state index in [1.54, 1.807) is 0 Å². The zero-order valence-electron chi connectivity index (χ0n) is 23.5. The topological polar surface area (TPSA) is 29.5 Å². The summed E-state index contributed by atoms with van der Waals surface area (Å²) in [5.41, 5.74) is 0. The highest BCUT2D eigenvalue weighted by molar-refractivity contribution is 5.69. The molecular formula is C33H55NO2. The zero-order valence-corrected chi connectivity index (χ0v) is 23.5. The highest BCUT2D eigenvalue weighted by Gasteiger charge is 2.36. The Morgan fingerprint density at radius 2 is 1.75 bits per heavy atom. The highest BCUT2D eigenvalue weighted by Crippen LogP contribution is 2.44. The van der Waals surface area contributed by atoms with Gasteiger partial charge in [-0.2, -0.15) is 0 Å². The normalized spacial score (nSPS) is 24.5. The quantitative estimate of drug-likeness (QED) is 0.105. The van der Waals surface area contributed by atoms with E-state index in [1.807, 2.05) is 0 Å². The molecule has 3 aliphatic rings. The van der Waals surface area contributed by atoms with Crippen molar-refractivity contribution in [2.75, 3.05) is 26.2 Å². The van der Waals surface area contributed by atoms with Crippen LogP contribution in [0.2, 0.25) is 0 Å². The van der Waals surface area contributed by atoms with E-state index in [0.29, 0.717) is 24.9 Å². The number of nitrogens with zero attached hydrogens (tertiary/aromatic N) is 1. The number of esters is 1. The highest BCUT2D eigenvalue weighted by atomic mass is 16.5. The third-order valence-corrected chi connectivity index (χ3v) is 8.93. The van der Waals surface area contributed by atoms with Gasteiger partial charge in [-0.3, -0.25) is 9.69 Å². The summed E-state index contributed by atoms with van der Waals surface area (Å²) in [4.78, 5) is 14.6. The molecule has 3 fully saturated rings. The van der Waals surface area contributed by atoms with Gasteiger partial charge in [-0.25, -0.2) is 0 Å². The number of rotatable bonds is 14. The maximum Gasteiger partial charge on any atom is 0.305 e. The fraction of sp³-hybridized carbons (Fsp3) is 0.848. The van der Waals surface area contributed by atoms with E-state index < -0.39 is 0 Å². The van der Waals surface area contributed by atoms with Gasteiger partial charge in [0.1, 0.15) is 6.61 Å². The van der Waals surface area contributed by atoms with Crippen LogP contribution in [-0.4, -0.2) is 37.1 Å². The molecule has 0 radical (unpaired) electrons. The Hall–Kier alpha value is -1.27. The lowest BCUT2D eigenvalue weighted by atomic mass is 9.71. The minimum absolute atomic E-state index is 0.0192. The first-order chi connectivity index (χ1) is 17.8. The lowest BCUT2D eigenvalue weighted by Crippen LogP contribution is -2.33. The Morgan fingerprint density at radius 3 is 2.56 bits per heavy atom. The molecular weight excluding hydrogens is 442 g/mol. The fourth-order valence-corrected chi connectivity index (χ4v) is 6.80. The van der Waals surface area contributed by atoms with Crippen molar-refractivity contribution in [2.45, 2.75) is 129 Å². The van der Waals surface area contributed by atoms with Crippen molar-refractivity contribution in [2.24, 2.45) is 23.7 Å². The van der Waals surface area contributed by atoms with Crippen molar-refractivity contribution in [3.63, 3.8) is 0 Å². The molecule has 2 aliphatic carbocycles. The maximum atomic E-state index is 12.2. The second-order valence-corrected chi connectivity index (χ2v) is 11.8. The van der Waals surface area contributed by atoms with E-state index in [0.717, 1.165) is 50.7 Å². The van der Waals surface area contributed by atoms with Crippen molar-refractivity contribution in [3.05, 3.63) is 12.2 Å². The van der Waals surface area contributed by atoms with E-state index in [2.05, 4.69) is 35.8 Å². The summed E-state index contributed by atoms with van der Waals surface area (Å²) in [5, 5.41) is 0. The molecule has 1 heterocycles. The number of carbonyl (C=O) groups is 1. The molecule has 2 saturated carbocycles. The van der Waals surface area contributed by atoms with Crippen molar-refractivity contribution in [1.29, 1.82) is 0 Å². The molecule has 36 heavy (non-hydrogen) atoms. The van der Waals surface area contributed by atoms with Gasteiger partial charge >= 0.3 is 5.97 Å². The Bertz CT molecular complexity index is 678. The summed E-state index contributed by atoms with van der Waals surface area (Å²) >= 11 is 0. The van der Waals surface area contributed by atoms with Crippen LogP contribution in [0, 0.1) is 35.5 Å². The van der Waals surface area contributed by atoms with Gasteiger partial charge in [0.05, 0.1) is 0 Å². The summed E-state index contributed by atoms with van der Waals surface area (Å²) < 4.78 is 5.51. The van der Waals surface area contributed by atoms with E-state index in [1.165, 1.54) is 96.3 Å². The Kier molecular flexibility index (Phi) is 14.7. The first-order valence-electron chi connectivity index (χ1n) is 15.8. The van der Waals surface area contributed by atoms with Gasteiger partial charge in [0.2, 0.25) is 0 Å². The van der Waals surface area contributed by atoms with E-state index in [9.17, 15) is 4.79 Å². The summed E-state index contributed by atoms with van der Waals surface area (Å²) in [6.07, 6.45) is 28.7. The van der Waals surface area contributed by atoms with Crippen LogP contribution in [0.5, 0.6) is 0 Å². The molecule has 0 amide bonds. The van der Waals surface area contributed by atoms with Gasteiger partial charge in [-0.05, 0) is 88.6 Å². The number of hydrogen-bond donors (Lipinski definition) is 0. The molecule has 0 aromatic rings. The standard InChI is InChI=1S/C33H55NO2/c1-2-3-4-5-6-10-18-30-21-17-23-32(30)31(29-19-11-7-12-20-29)22-13-8-14-24-33(35)36-28-27-34-25-15-9-16-26-34/h13,22,29-32H,2-9,11-12,14-17,19-21,23-28H2,1H3/t30-,31?,32-/m0/s1. The fourth-order valence-electron chi connectivity index (χ4n) is 6.80. The average molecular weight is 498 g/mol. The Balaban J connectivity index is 1.41. The lowest BCUT2D eigenvalue weighted by Gasteiger charge is -2.34. The van der Waals surface area contributed by atoms with Crippen LogP contribution in [0.4, 0.5) is 0 Å². The number of likely N-dealkylation sites (tertiary alicyclic amines) is 1. The van der Waals surface area contributed by atoms with Crippen LogP contribution in [0.1, 0.15) is 129 Å². The van der Waals surface area contributed by atoms with Gasteiger partial charge < -0.3 is 4.74 Å². The van der Waals surface area contributed by atoms with Crippen molar-refractivity contribution in [1.82, 2.24) is 4.90 Å². The molecule has 1 saturated heterocycles. The minimum atomic E-state index is -0.0192. The van der Waals surface area contributed by atoms with Crippen LogP contribution in [0.25, 0.3) is 0 Å². The molecule has 1 unspecified atom stereocenters. The predicted molar refractivity (Wildman–Crippen MR) is 152 cm³/mol. The second kappa shape index (κ2) is 18.1. The summed E-state index contributed by atoms with van der Waals surface area (Å²) in [6, 6.07) is 0. The first kappa shape index (κ1) is 29.3. The molecule has 0 bridgehead atoms. The number of allylic oxidation sites excluding steroid dienone is 2. The SMILES string of the molecule is CCCCCCC#C[C@H]1CCC[C@@H]1C(C=CCCCC(=O)OCCN1CCCCC1)C1CCCCC1.